The average Bonchev–Trinajstić information content (AvgIpc) is 2.94. The summed E-state index contributed by atoms with van der Waals surface area (Å²) < 4.78 is 28.4. The summed E-state index contributed by atoms with van der Waals surface area (Å²) in [6.45, 7) is 5.02. The Kier molecular flexibility index (Phi) is 10.4. The molecule has 0 aromatic heterocycles. The maximum absolute atomic E-state index is 13.9. The van der Waals surface area contributed by atoms with Gasteiger partial charge in [-0.25, -0.2) is 8.42 Å². The van der Waals surface area contributed by atoms with Crippen molar-refractivity contribution in [2.24, 2.45) is 0 Å². The summed E-state index contributed by atoms with van der Waals surface area (Å²) >= 11 is 0. The molecule has 0 heterocycles. The van der Waals surface area contributed by atoms with Crippen molar-refractivity contribution in [2.75, 3.05) is 17.4 Å². The number of nitrogens with one attached hydrogen (secondary N) is 1. The van der Waals surface area contributed by atoms with Crippen LogP contribution < -0.4 is 9.62 Å². The fourth-order valence-electron chi connectivity index (χ4n) is 4.27. The smallest absolute Gasteiger partial charge is 0.269 e. The predicted molar refractivity (Wildman–Crippen MR) is 153 cm³/mol. The van der Waals surface area contributed by atoms with Gasteiger partial charge in [-0.1, -0.05) is 55.5 Å². The second-order valence-electron chi connectivity index (χ2n) is 9.51. The molecule has 10 nitrogen and oxygen atoms in total. The lowest BCUT2D eigenvalue weighted by atomic mass is 10.1. The van der Waals surface area contributed by atoms with Gasteiger partial charge in [0.05, 0.1) is 15.5 Å². The second kappa shape index (κ2) is 13.7. The fraction of sp³-hybridized carbons (Fsp3) is 0.310. The van der Waals surface area contributed by atoms with Gasteiger partial charge in [0.25, 0.3) is 15.7 Å². The minimum Gasteiger partial charge on any atom is -0.352 e. The lowest BCUT2D eigenvalue weighted by molar-refractivity contribution is -0.384. The molecule has 0 fully saturated rings. The molecule has 3 aromatic rings. The Morgan fingerprint density at radius 1 is 0.925 bits per heavy atom. The number of carbonyl (C=O) groups is 2. The van der Waals surface area contributed by atoms with E-state index in [1.165, 1.54) is 41.3 Å². The molecule has 0 saturated heterocycles. The van der Waals surface area contributed by atoms with Crippen molar-refractivity contribution in [3.63, 3.8) is 0 Å². The van der Waals surface area contributed by atoms with Crippen LogP contribution in [0.1, 0.15) is 32.8 Å². The Morgan fingerprint density at radius 2 is 1.50 bits per heavy atom. The van der Waals surface area contributed by atoms with Crippen LogP contribution in [0.2, 0.25) is 0 Å². The van der Waals surface area contributed by atoms with Gasteiger partial charge in [0, 0.05) is 24.7 Å². The van der Waals surface area contributed by atoms with Crippen molar-refractivity contribution < 1.29 is 22.9 Å². The molecular weight excluding hydrogens is 532 g/mol. The zero-order chi connectivity index (χ0) is 29.3. The van der Waals surface area contributed by atoms with Crippen molar-refractivity contribution in [2.45, 2.75) is 50.6 Å². The number of rotatable bonds is 13. The Morgan fingerprint density at radius 3 is 2.02 bits per heavy atom. The zero-order valence-corrected chi connectivity index (χ0v) is 23.6. The van der Waals surface area contributed by atoms with E-state index < -0.39 is 33.4 Å². The average molecular weight is 567 g/mol. The molecule has 1 N–H and O–H groups in total. The van der Waals surface area contributed by atoms with E-state index in [0.29, 0.717) is 12.8 Å². The molecule has 0 aliphatic rings. The topological polar surface area (TPSA) is 130 Å². The third-order valence-electron chi connectivity index (χ3n) is 6.26. The largest absolute Gasteiger partial charge is 0.352 e. The van der Waals surface area contributed by atoms with Gasteiger partial charge in [0.15, 0.2) is 0 Å². The minimum atomic E-state index is -4.24. The number of benzene rings is 3. The van der Waals surface area contributed by atoms with Gasteiger partial charge in [0.2, 0.25) is 11.8 Å². The number of amides is 2. The standard InChI is InChI=1S/C29H34N4O6S/c1-4-27(29(35)30-22(2)3)31(20-19-23-11-7-5-8-12-23)28(34)21-32(24-15-17-25(18-16-24)33(36)37)40(38,39)26-13-9-6-10-14-26/h5-18,22,27H,4,19-21H2,1-3H3,(H,30,35). The summed E-state index contributed by atoms with van der Waals surface area (Å²) in [5.74, 6) is -0.897. The lowest BCUT2D eigenvalue weighted by Crippen LogP contribution is -2.54. The van der Waals surface area contributed by atoms with Gasteiger partial charge in [-0.15, -0.1) is 0 Å². The molecule has 1 atom stereocenters. The number of non-ortho nitro benzene ring substituents is 1. The first-order valence-electron chi connectivity index (χ1n) is 13.0. The summed E-state index contributed by atoms with van der Waals surface area (Å²) in [4.78, 5) is 39.0. The molecule has 0 saturated carbocycles. The van der Waals surface area contributed by atoms with Gasteiger partial charge in [-0.05, 0) is 56.5 Å². The highest BCUT2D eigenvalue weighted by Gasteiger charge is 2.33. The highest BCUT2D eigenvalue weighted by atomic mass is 32.2. The van der Waals surface area contributed by atoms with Crippen LogP contribution in [0.5, 0.6) is 0 Å². The van der Waals surface area contributed by atoms with Crippen molar-refractivity contribution >= 4 is 33.2 Å². The molecule has 0 aliphatic heterocycles. The molecule has 1 unspecified atom stereocenters. The summed E-state index contributed by atoms with van der Waals surface area (Å²) in [7, 11) is -4.24. The molecule has 0 aliphatic carbocycles. The van der Waals surface area contributed by atoms with Crippen LogP contribution in [-0.2, 0) is 26.0 Å². The number of nitro benzene ring substituents is 1. The lowest BCUT2D eigenvalue weighted by Gasteiger charge is -2.33. The van der Waals surface area contributed by atoms with Gasteiger partial charge < -0.3 is 10.2 Å². The molecule has 0 bridgehead atoms. The van der Waals surface area contributed by atoms with E-state index in [0.717, 1.165) is 9.87 Å². The molecule has 3 aromatic carbocycles. The Labute approximate surface area is 234 Å². The van der Waals surface area contributed by atoms with E-state index >= 15 is 0 Å². The van der Waals surface area contributed by atoms with Crippen LogP contribution in [0.15, 0.2) is 89.8 Å². The van der Waals surface area contributed by atoms with Gasteiger partial charge >= 0.3 is 0 Å². The van der Waals surface area contributed by atoms with E-state index in [4.69, 9.17) is 0 Å². The van der Waals surface area contributed by atoms with Crippen LogP contribution >= 0.6 is 0 Å². The van der Waals surface area contributed by atoms with Crippen LogP contribution in [-0.4, -0.2) is 55.2 Å². The van der Waals surface area contributed by atoms with E-state index in [-0.39, 0.29) is 34.8 Å². The molecule has 2 amide bonds. The van der Waals surface area contributed by atoms with Crippen molar-refractivity contribution in [1.82, 2.24) is 10.2 Å². The normalized spacial score (nSPS) is 12.0. The number of sulfonamides is 1. The first-order valence-corrected chi connectivity index (χ1v) is 14.4. The minimum absolute atomic E-state index is 0.0402. The monoisotopic (exact) mass is 566 g/mol. The maximum Gasteiger partial charge on any atom is 0.269 e. The van der Waals surface area contributed by atoms with E-state index in [2.05, 4.69) is 5.32 Å². The highest BCUT2D eigenvalue weighted by molar-refractivity contribution is 7.92. The van der Waals surface area contributed by atoms with Crippen LogP contribution in [0, 0.1) is 10.1 Å². The number of nitro groups is 1. The molecule has 3 rings (SSSR count). The Hall–Kier alpha value is -4.25. The first-order chi connectivity index (χ1) is 19.0. The van der Waals surface area contributed by atoms with Crippen LogP contribution in [0.3, 0.4) is 0 Å². The molecule has 0 radical (unpaired) electrons. The summed E-state index contributed by atoms with van der Waals surface area (Å²) in [5, 5.41) is 14.0. The van der Waals surface area contributed by atoms with Crippen LogP contribution in [0.4, 0.5) is 11.4 Å². The van der Waals surface area contributed by atoms with E-state index in [1.54, 1.807) is 25.1 Å². The van der Waals surface area contributed by atoms with Crippen molar-refractivity contribution in [1.29, 1.82) is 0 Å². The summed E-state index contributed by atoms with van der Waals surface area (Å²) in [6.07, 6.45) is 0.781. The molecule has 11 heteroatoms. The van der Waals surface area contributed by atoms with E-state index in [9.17, 15) is 28.1 Å². The number of hydrogen-bond acceptors (Lipinski definition) is 6. The molecule has 40 heavy (non-hydrogen) atoms. The van der Waals surface area contributed by atoms with Gasteiger partial charge in [0.1, 0.15) is 12.6 Å². The van der Waals surface area contributed by atoms with Gasteiger partial charge in [-0.3, -0.25) is 24.0 Å². The SMILES string of the molecule is CCC(C(=O)NC(C)C)N(CCc1ccccc1)C(=O)CN(c1ccc([N+](=O)[O-])cc1)S(=O)(=O)c1ccccc1. The molecule has 212 valence electrons. The number of nitrogens with zero attached hydrogens (tertiary/aromatic N) is 3. The van der Waals surface area contributed by atoms with Crippen molar-refractivity contribution in [3.8, 4) is 0 Å². The third kappa shape index (κ3) is 7.66. The number of carbonyl (C=O) groups excluding carboxylic acids is 2. The quantitative estimate of drug-likeness (QED) is 0.244. The second-order valence-corrected chi connectivity index (χ2v) is 11.4. The fourth-order valence-corrected chi connectivity index (χ4v) is 5.70. The third-order valence-corrected chi connectivity index (χ3v) is 8.05. The van der Waals surface area contributed by atoms with Gasteiger partial charge in [-0.2, -0.15) is 0 Å². The molecular formula is C29H34N4O6S. The Bertz CT molecular complexity index is 1400. The summed E-state index contributed by atoms with van der Waals surface area (Å²) in [6, 6.07) is 21.1. The summed E-state index contributed by atoms with van der Waals surface area (Å²) in [5.41, 5.74) is 0.835. The molecule has 0 spiro atoms. The predicted octanol–water partition coefficient (Wildman–Crippen LogP) is 4.16. The van der Waals surface area contributed by atoms with Crippen LogP contribution in [0.25, 0.3) is 0 Å². The first kappa shape index (κ1) is 30.3. The van der Waals surface area contributed by atoms with E-state index in [1.807, 2.05) is 44.2 Å². The maximum atomic E-state index is 13.9. The number of hydrogen-bond donors (Lipinski definition) is 1. The van der Waals surface area contributed by atoms with Crippen molar-refractivity contribution in [3.05, 3.63) is 101 Å². The number of anilines is 1. The Balaban J connectivity index is 2.02. The highest BCUT2D eigenvalue weighted by Crippen LogP contribution is 2.26. The zero-order valence-electron chi connectivity index (χ0n) is 22.8.